The Hall–Kier alpha value is -2.53. The van der Waals surface area contributed by atoms with Crippen LogP contribution in [0, 0.1) is 0 Å². The van der Waals surface area contributed by atoms with E-state index >= 15 is 0 Å². The second kappa shape index (κ2) is 9.08. The van der Waals surface area contributed by atoms with E-state index in [4.69, 9.17) is 11.6 Å². The lowest BCUT2D eigenvalue weighted by atomic mass is 10.2. The maximum Gasteiger partial charge on any atom is 0.251 e. The van der Waals surface area contributed by atoms with Gasteiger partial charge in [-0.15, -0.1) is 0 Å². The molecule has 2 amide bonds. The molecule has 2 rings (SSSR count). The van der Waals surface area contributed by atoms with E-state index in [1.165, 1.54) is 0 Å². The van der Waals surface area contributed by atoms with Crippen LogP contribution in [0.15, 0.2) is 48.5 Å². The van der Waals surface area contributed by atoms with Gasteiger partial charge in [0.2, 0.25) is 5.91 Å². The summed E-state index contributed by atoms with van der Waals surface area (Å²) < 4.78 is 0. The first kappa shape index (κ1) is 18.8. The minimum atomic E-state index is -0.338. The van der Waals surface area contributed by atoms with Gasteiger partial charge in [0, 0.05) is 35.1 Å². The monoisotopic (exact) mass is 359 g/mol. The topological polar surface area (TPSA) is 61.4 Å². The minimum Gasteiger partial charge on any atom is -0.372 e. The SMILES string of the molecule is CCN(CC)c1ccc(NC(=O)CNC(=O)c2cccc(Cl)c2)cc1. The lowest BCUT2D eigenvalue weighted by Crippen LogP contribution is -2.32. The van der Waals surface area contributed by atoms with Crippen molar-refractivity contribution in [2.75, 3.05) is 29.9 Å². The zero-order valence-corrected chi connectivity index (χ0v) is 15.1. The van der Waals surface area contributed by atoms with Crippen LogP contribution in [-0.4, -0.2) is 31.4 Å². The zero-order chi connectivity index (χ0) is 18.2. The van der Waals surface area contributed by atoms with Crippen molar-refractivity contribution in [3.05, 3.63) is 59.1 Å². The van der Waals surface area contributed by atoms with Crippen molar-refractivity contribution in [1.29, 1.82) is 0 Å². The summed E-state index contributed by atoms with van der Waals surface area (Å²) in [6, 6.07) is 14.2. The van der Waals surface area contributed by atoms with Gasteiger partial charge in [-0.2, -0.15) is 0 Å². The van der Waals surface area contributed by atoms with E-state index in [1.54, 1.807) is 24.3 Å². The fourth-order valence-corrected chi connectivity index (χ4v) is 2.63. The Balaban J connectivity index is 1.87. The second-order valence-electron chi connectivity index (χ2n) is 5.46. The van der Waals surface area contributed by atoms with Gasteiger partial charge < -0.3 is 15.5 Å². The van der Waals surface area contributed by atoms with Gasteiger partial charge in [0.25, 0.3) is 5.91 Å². The number of benzene rings is 2. The van der Waals surface area contributed by atoms with Gasteiger partial charge >= 0.3 is 0 Å². The molecule has 25 heavy (non-hydrogen) atoms. The lowest BCUT2D eigenvalue weighted by Gasteiger charge is -2.21. The highest BCUT2D eigenvalue weighted by atomic mass is 35.5. The molecule has 0 heterocycles. The molecule has 0 bridgehead atoms. The van der Waals surface area contributed by atoms with Gasteiger partial charge in [0.1, 0.15) is 0 Å². The molecule has 0 atom stereocenters. The fraction of sp³-hybridized carbons (Fsp3) is 0.263. The summed E-state index contributed by atoms with van der Waals surface area (Å²) in [5.74, 6) is -0.625. The van der Waals surface area contributed by atoms with Crippen LogP contribution in [0.25, 0.3) is 0 Å². The average molecular weight is 360 g/mol. The van der Waals surface area contributed by atoms with Crippen LogP contribution in [0.3, 0.4) is 0 Å². The van der Waals surface area contributed by atoms with Crippen LogP contribution in [-0.2, 0) is 4.79 Å². The standard InChI is InChI=1S/C19H22ClN3O2/c1-3-23(4-2)17-10-8-16(9-11-17)22-18(24)13-21-19(25)14-6-5-7-15(20)12-14/h5-12H,3-4,13H2,1-2H3,(H,21,25)(H,22,24). The number of carbonyl (C=O) groups excluding carboxylic acids is 2. The van der Waals surface area contributed by atoms with Crippen molar-refractivity contribution in [2.45, 2.75) is 13.8 Å². The Morgan fingerprint density at radius 3 is 2.32 bits per heavy atom. The van der Waals surface area contributed by atoms with Gasteiger partial charge in [-0.25, -0.2) is 0 Å². The summed E-state index contributed by atoms with van der Waals surface area (Å²) in [4.78, 5) is 26.2. The molecule has 0 aromatic heterocycles. The van der Waals surface area contributed by atoms with E-state index in [9.17, 15) is 9.59 Å². The number of nitrogens with zero attached hydrogens (tertiary/aromatic N) is 1. The summed E-state index contributed by atoms with van der Waals surface area (Å²) >= 11 is 5.85. The van der Waals surface area contributed by atoms with E-state index in [1.807, 2.05) is 24.3 Å². The Morgan fingerprint density at radius 2 is 1.72 bits per heavy atom. The van der Waals surface area contributed by atoms with Crippen LogP contribution in [0.2, 0.25) is 5.02 Å². The normalized spacial score (nSPS) is 10.2. The Kier molecular flexibility index (Phi) is 6.83. The third-order valence-electron chi connectivity index (χ3n) is 3.78. The molecule has 0 aliphatic carbocycles. The summed E-state index contributed by atoms with van der Waals surface area (Å²) in [5, 5.41) is 5.82. The highest BCUT2D eigenvalue weighted by Crippen LogP contribution is 2.17. The van der Waals surface area contributed by atoms with Crippen molar-refractivity contribution in [1.82, 2.24) is 5.32 Å². The number of anilines is 2. The Bertz CT molecular complexity index is 728. The molecule has 6 heteroatoms. The van der Waals surface area contributed by atoms with Crippen LogP contribution in [0.5, 0.6) is 0 Å². The van der Waals surface area contributed by atoms with Gasteiger partial charge in [-0.05, 0) is 56.3 Å². The molecular formula is C19H22ClN3O2. The summed E-state index contributed by atoms with van der Waals surface area (Å²) in [6.07, 6.45) is 0. The van der Waals surface area contributed by atoms with Crippen molar-refractivity contribution in [2.24, 2.45) is 0 Å². The predicted molar refractivity (Wildman–Crippen MR) is 102 cm³/mol. The summed E-state index contributed by atoms with van der Waals surface area (Å²) in [5.41, 5.74) is 2.22. The molecule has 5 nitrogen and oxygen atoms in total. The first-order valence-electron chi connectivity index (χ1n) is 8.22. The smallest absolute Gasteiger partial charge is 0.251 e. The second-order valence-corrected chi connectivity index (χ2v) is 5.90. The highest BCUT2D eigenvalue weighted by Gasteiger charge is 2.09. The van der Waals surface area contributed by atoms with E-state index < -0.39 is 0 Å². The quantitative estimate of drug-likeness (QED) is 0.794. The molecule has 0 aliphatic heterocycles. The number of halogens is 1. The molecule has 0 unspecified atom stereocenters. The molecule has 0 radical (unpaired) electrons. The minimum absolute atomic E-state index is 0.108. The van der Waals surface area contributed by atoms with Crippen molar-refractivity contribution < 1.29 is 9.59 Å². The molecule has 0 aliphatic rings. The van der Waals surface area contributed by atoms with E-state index in [-0.39, 0.29) is 18.4 Å². The molecule has 0 spiro atoms. The molecule has 0 saturated heterocycles. The van der Waals surface area contributed by atoms with Gasteiger partial charge in [0.05, 0.1) is 6.54 Å². The van der Waals surface area contributed by atoms with Crippen LogP contribution in [0.4, 0.5) is 11.4 Å². The number of hydrogen-bond donors (Lipinski definition) is 2. The highest BCUT2D eigenvalue weighted by molar-refractivity contribution is 6.31. The van der Waals surface area contributed by atoms with Gasteiger partial charge in [-0.1, -0.05) is 17.7 Å². The molecule has 2 aromatic carbocycles. The molecular weight excluding hydrogens is 338 g/mol. The molecule has 0 saturated carbocycles. The largest absolute Gasteiger partial charge is 0.372 e. The molecule has 2 aromatic rings. The third-order valence-corrected chi connectivity index (χ3v) is 4.01. The predicted octanol–water partition coefficient (Wildman–Crippen LogP) is 3.55. The summed E-state index contributed by atoms with van der Waals surface area (Å²) in [7, 11) is 0. The Morgan fingerprint density at radius 1 is 1.04 bits per heavy atom. The van der Waals surface area contributed by atoms with E-state index in [0.29, 0.717) is 16.3 Å². The van der Waals surface area contributed by atoms with Crippen LogP contribution in [0.1, 0.15) is 24.2 Å². The van der Waals surface area contributed by atoms with Gasteiger partial charge in [0.15, 0.2) is 0 Å². The third kappa shape index (κ3) is 5.50. The Labute approximate surface area is 153 Å². The lowest BCUT2D eigenvalue weighted by molar-refractivity contribution is -0.115. The zero-order valence-electron chi connectivity index (χ0n) is 14.4. The van der Waals surface area contributed by atoms with Gasteiger partial charge in [-0.3, -0.25) is 9.59 Å². The number of nitrogens with one attached hydrogen (secondary N) is 2. The van der Waals surface area contributed by atoms with Crippen LogP contribution < -0.4 is 15.5 Å². The molecule has 0 fully saturated rings. The van der Waals surface area contributed by atoms with E-state index in [0.717, 1.165) is 18.8 Å². The number of rotatable bonds is 7. The maximum absolute atomic E-state index is 12.0. The number of carbonyl (C=O) groups is 2. The molecule has 2 N–H and O–H groups in total. The van der Waals surface area contributed by atoms with Crippen molar-refractivity contribution >= 4 is 34.8 Å². The van der Waals surface area contributed by atoms with Crippen molar-refractivity contribution in [3.8, 4) is 0 Å². The first-order chi connectivity index (χ1) is 12.0. The maximum atomic E-state index is 12.0. The molecule has 132 valence electrons. The van der Waals surface area contributed by atoms with E-state index in [2.05, 4.69) is 29.4 Å². The van der Waals surface area contributed by atoms with Crippen LogP contribution >= 0.6 is 11.6 Å². The average Bonchev–Trinajstić information content (AvgIpc) is 2.62. The fourth-order valence-electron chi connectivity index (χ4n) is 2.44. The number of amides is 2. The number of hydrogen-bond acceptors (Lipinski definition) is 3. The van der Waals surface area contributed by atoms with Crippen molar-refractivity contribution in [3.63, 3.8) is 0 Å². The summed E-state index contributed by atoms with van der Waals surface area (Å²) in [6.45, 7) is 5.95. The first-order valence-corrected chi connectivity index (χ1v) is 8.60.